The fourth-order valence-corrected chi connectivity index (χ4v) is 1.27. The molecule has 0 aliphatic heterocycles. The Morgan fingerprint density at radius 1 is 1.09 bits per heavy atom. The van der Waals surface area contributed by atoms with Crippen LogP contribution < -0.4 is 0 Å². The summed E-state index contributed by atoms with van der Waals surface area (Å²) in [6.07, 6.45) is 1.65. The van der Waals surface area contributed by atoms with E-state index >= 15 is 0 Å². The first-order chi connectivity index (χ1) is 5.17. The topological polar surface area (TPSA) is 18.5 Å². The standard InChI is InChI=1S/C9H20O2/c1-6-9(11-5)7(2)8(3)10-4/h7-9H,6H2,1-5H3. The normalized spacial score (nSPS) is 19.4. The van der Waals surface area contributed by atoms with Crippen molar-refractivity contribution in [1.82, 2.24) is 0 Å². The molecule has 2 heteroatoms. The van der Waals surface area contributed by atoms with Gasteiger partial charge < -0.3 is 9.47 Å². The third-order valence-corrected chi connectivity index (χ3v) is 2.40. The summed E-state index contributed by atoms with van der Waals surface area (Å²) < 4.78 is 10.5. The third kappa shape index (κ3) is 3.21. The van der Waals surface area contributed by atoms with Crippen LogP contribution >= 0.6 is 0 Å². The minimum atomic E-state index is 0.278. The van der Waals surface area contributed by atoms with Crippen LogP contribution in [0.5, 0.6) is 0 Å². The van der Waals surface area contributed by atoms with Crippen LogP contribution in [0.15, 0.2) is 0 Å². The molecule has 0 aliphatic rings. The van der Waals surface area contributed by atoms with Crippen LogP contribution in [0.2, 0.25) is 0 Å². The van der Waals surface area contributed by atoms with Gasteiger partial charge in [-0.25, -0.2) is 0 Å². The van der Waals surface area contributed by atoms with Gasteiger partial charge >= 0.3 is 0 Å². The predicted molar refractivity (Wildman–Crippen MR) is 46.7 cm³/mol. The summed E-state index contributed by atoms with van der Waals surface area (Å²) in [7, 11) is 3.50. The molecule has 3 atom stereocenters. The van der Waals surface area contributed by atoms with Crippen molar-refractivity contribution in [3.8, 4) is 0 Å². The van der Waals surface area contributed by atoms with Gasteiger partial charge in [-0.2, -0.15) is 0 Å². The Bertz CT molecular complexity index is 89.6. The molecule has 68 valence electrons. The lowest BCUT2D eigenvalue weighted by Crippen LogP contribution is -2.29. The van der Waals surface area contributed by atoms with Crippen LogP contribution in [-0.4, -0.2) is 26.4 Å². The zero-order valence-corrected chi connectivity index (χ0v) is 8.26. The van der Waals surface area contributed by atoms with Gasteiger partial charge in [-0.3, -0.25) is 0 Å². The highest BCUT2D eigenvalue weighted by Gasteiger charge is 2.20. The smallest absolute Gasteiger partial charge is 0.0618 e. The fraction of sp³-hybridized carbons (Fsp3) is 1.00. The molecule has 0 amide bonds. The molecule has 0 radical (unpaired) electrons. The average molecular weight is 160 g/mol. The van der Waals surface area contributed by atoms with E-state index in [9.17, 15) is 0 Å². The highest BCUT2D eigenvalue weighted by molar-refractivity contribution is 4.69. The lowest BCUT2D eigenvalue weighted by Gasteiger charge is -2.25. The molecule has 0 fully saturated rings. The summed E-state index contributed by atoms with van der Waals surface area (Å²) in [4.78, 5) is 0. The van der Waals surface area contributed by atoms with E-state index in [4.69, 9.17) is 9.47 Å². The van der Waals surface area contributed by atoms with Gasteiger partial charge in [0.1, 0.15) is 0 Å². The van der Waals surface area contributed by atoms with Gasteiger partial charge in [0.15, 0.2) is 0 Å². The van der Waals surface area contributed by atoms with Crippen molar-refractivity contribution in [2.24, 2.45) is 5.92 Å². The highest BCUT2D eigenvalue weighted by atomic mass is 16.5. The second-order valence-electron chi connectivity index (χ2n) is 2.98. The van der Waals surface area contributed by atoms with Crippen LogP contribution in [0.3, 0.4) is 0 Å². The molecule has 0 spiro atoms. The van der Waals surface area contributed by atoms with E-state index in [0.29, 0.717) is 12.0 Å². The Morgan fingerprint density at radius 2 is 1.64 bits per heavy atom. The van der Waals surface area contributed by atoms with E-state index in [1.165, 1.54) is 0 Å². The Labute approximate surface area is 69.9 Å². The van der Waals surface area contributed by atoms with Gasteiger partial charge in [0.25, 0.3) is 0 Å². The first-order valence-electron chi connectivity index (χ1n) is 4.22. The van der Waals surface area contributed by atoms with Gasteiger partial charge in [-0.15, -0.1) is 0 Å². The zero-order valence-electron chi connectivity index (χ0n) is 8.26. The number of methoxy groups -OCH3 is 2. The molecular formula is C9H20O2. The SMILES string of the molecule is CCC(OC)C(C)C(C)OC. The van der Waals surface area contributed by atoms with Crippen molar-refractivity contribution in [3.05, 3.63) is 0 Å². The molecule has 0 bridgehead atoms. The molecule has 0 saturated carbocycles. The van der Waals surface area contributed by atoms with Crippen molar-refractivity contribution in [2.75, 3.05) is 14.2 Å². The molecule has 0 aromatic rings. The van der Waals surface area contributed by atoms with Gasteiger partial charge in [0, 0.05) is 20.1 Å². The van der Waals surface area contributed by atoms with Crippen LogP contribution in [0.4, 0.5) is 0 Å². The van der Waals surface area contributed by atoms with E-state index in [-0.39, 0.29) is 6.10 Å². The van der Waals surface area contributed by atoms with Gasteiger partial charge in [-0.05, 0) is 13.3 Å². The van der Waals surface area contributed by atoms with Gasteiger partial charge in [-0.1, -0.05) is 13.8 Å². The van der Waals surface area contributed by atoms with Crippen molar-refractivity contribution in [2.45, 2.75) is 39.4 Å². The van der Waals surface area contributed by atoms with E-state index in [1.54, 1.807) is 14.2 Å². The second-order valence-corrected chi connectivity index (χ2v) is 2.98. The summed E-state index contributed by atoms with van der Waals surface area (Å²) >= 11 is 0. The minimum Gasteiger partial charge on any atom is -0.381 e. The van der Waals surface area contributed by atoms with E-state index in [0.717, 1.165) is 6.42 Å². The summed E-state index contributed by atoms with van der Waals surface area (Å²) in [6, 6.07) is 0. The summed E-state index contributed by atoms with van der Waals surface area (Å²) in [6.45, 7) is 6.37. The first kappa shape index (κ1) is 10.9. The van der Waals surface area contributed by atoms with Crippen molar-refractivity contribution in [1.29, 1.82) is 0 Å². The molecule has 2 nitrogen and oxygen atoms in total. The Balaban J connectivity index is 3.86. The minimum absolute atomic E-state index is 0.278. The van der Waals surface area contributed by atoms with E-state index in [1.807, 2.05) is 0 Å². The maximum absolute atomic E-state index is 5.30. The molecule has 3 unspecified atom stereocenters. The number of ether oxygens (including phenoxy) is 2. The monoisotopic (exact) mass is 160 g/mol. The predicted octanol–water partition coefficient (Wildman–Crippen LogP) is 2.08. The molecule has 0 aromatic carbocycles. The molecule has 0 saturated heterocycles. The van der Waals surface area contributed by atoms with Crippen LogP contribution in [0, 0.1) is 5.92 Å². The lowest BCUT2D eigenvalue weighted by molar-refractivity contribution is -0.0188. The number of hydrogen-bond acceptors (Lipinski definition) is 2. The molecule has 0 N–H and O–H groups in total. The van der Waals surface area contributed by atoms with Crippen molar-refractivity contribution < 1.29 is 9.47 Å². The quantitative estimate of drug-likeness (QED) is 0.613. The Kier molecular flexibility index (Phi) is 5.51. The van der Waals surface area contributed by atoms with E-state index in [2.05, 4.69) is 20.8 Å². The van der Waals surface area contributed by atoms with E-state index < -0.39 is 0 Å². The Morgan fingerprint density at radius 3 is 1.91 bits per heavy atom. The first-order valence-corrected chi connectivity index (χ1v) is 4.22. The largest absolute Gasteiger partial charge is 0.381 e. The highest BCUT2D eigenvalue weighted by Crippen LogP contribution is 2.16. The summed E-state index contributed by atoms with van der Waals surface area (Å²) in [5, 5.41) is 0. The molecule has 0 rings (SSSR count). The fourth-order valence-electron chi connectivity index (χ4n) is 1.27. The van der Waals surface area contributed by atoms with Crippen LogP contribution in [-0.2, 0) is 9.47 Å². The molecule has 0 heterocycles. The van der Waals surface area contributed by atoms with Crippen LogP contribution in [0.25, 0.3) is 0 Å². The molecule has 0 aromatic heterocycles. The van der Waals surface area contributed by atoms with Crippen molar-refractivity contribution in [3.63, 3.8) is 0 Å². The maximum Gasteiger partial charge on any atom is 0.0618 e. The average Bonchev–Trinajstić information content (AvgIpc) is 2.05. The summed E-state index contributed by atoms with van der Waals surface area (Å²) in [5.74, 6) is 0.468. The summed E-state index contributed by atoms with van der Waals surface area (Å²) in [5.41, 5.74) is 0. The second kappa shape index (κ2) is 5.56. The lowest BCUT2D eigenvalue weighted by atomic mass is 9.97. The molecule has 0 aliphatic carbocycles. The van der Waals surface area contributed by atoms with Crippen molar-refractivity contribution >= 4 is 0 Å². The number of hydrogen-bond donors (Lipinski definition) is 0. The number of rotatable bonds is 5. The third-order valence-electron chi connectivity index (χ3n) is 2.40. The zero-order chi connectivity index (χ0) is 8.85. The molecular weight excluding hydrogens is 140 g/mol. The van der Waals surface area contributed by atoms with Gasteiger partial charge in [0.2, 0.25) is 0 Å². The van der Waals surface area contributed by atoms with Gasteiger partial charge in [0.05, 0.1) is 12.2 Å². The molecule has 11 heavy (non-hydrogen) atoms. The maximum atomic E-state index is 5.30. The van der Waals surface area contributed by atoms with Crippen LogP contribution in [0.1, 0.15) is 27.2 Å². The Hall–Kier alpha value is -0.0800.